The maximum absolute atomic E-state index is 12.1. The van der Waals surface area contributed by atoms with Crippen molar-refractivity contribution in [1.29, 1.82) is 0 Å². The van der Waals surface area contributed by atoms with Crippen molar-refractivity contribution in [3.8, 4) is 0 Å². The minimum absolute atomic E-state index is 0.0811. The van der Waals surface area contributed by atoms with Crippen molar-refractivity contribution in [2.45, 2.75) is 25.6 Å². The van der Waals surface area contributed by atoms with Crippen molar-refractivity contribution < 1.29 is 13.2 Å². The van der Waals surface area contributed by atoms with Gasteiger partial charge in [-0.1, -0.05) is 0 Å². The number of hydrogen-bond donors (Lipinski definition) is 0. The Bertz CT molecular complexity index is 617. The van der Waals surface area contributed by atoms with Crippen LogP contribution < -0.4 is 0 Å². The molecule has 124 valence electrons. The quantitative estimate of drug-likeness (QED) is 0.769. The summed E-state index contributed by atoms with van der Waals surface area (Å²) in [4.78, 5) is 9.10. The number of piperazine rings is 1. The van der Waals surface area contributed by atoms with E-state index in [1.165, 1.54) is 0 Å². The van der Waals surface area contributed by atoms with E-state index in [9.17, 15) is 8.42 Å². The lowest BCUT2D eigenvalue weighted by Crippen LogP contribution is -2.59. The number of rotatable bonds is 5. The van der Waals surface area contributed by atoms with Gasteiger partial charge in [0.1, 0.15) is 0 Å². The maximum Gasteiger partial charge on any atom is 0.153 e. The van der Waals surface area contributed by atoms with Gasteiger partial charge in [-0.25, -0.2) is 13.4 Å². The first kappa shape index (κ1) is 16.3. The molecule has 1 aromatic rings. The minimum Gasteiger partial charge on any atom is -0.383 e. The van der Waals surface area contributed by atoms with Crippen LogP contribution in [0.4, 0.5) is 0 Å². The van der Waals surface area contributed by atoms with E-state index in [4.69, 9.17) is 4.74 Å². The molecule has 2 atom stereocenters. The highest BCUT2D eigenvalue weighted by Gasteiger charge is 2.46. The minimum atomic E-state index is -2.95. The number of sulfone groups is 1. The summed E-state index contributed by atoms with van der Waals surface area (Å²) < 4.78 is 29.4. The maximum atomic E-state index is 12.1. The fourth-order valence-corrected chi connectivity index (χ4v) is 6.11. The van der Waals surface area contributed by atoms with Crippen LogP contribution in [0.1, 0.15) is 10.7 Å². The molecule has 6 nitrogen and oxygen atoms in total. The second-order valence-electron chi connectivity index (χ2n) is 6.07. The van der Waals surface area contributed by atoms with Gasteiger partial charge in [0.25, 0.3) is 0 Å². The highest BCUT2D eigenvalue weighted by atomic mass is 32.2. The first-order valence-corrected chi connectivity index (χ1v) is 10.3. The van der Waals surface area contributed by atoms with Crippen LogP contribution in [-0.2, 0) is 21.1 Å². The van der Waals surface area contributed by atoms with E-state index < -0.39 is 9.84 Å². The zero-order valence-electron chi connectivity index (χ0n) is 13.1. The standard InChI is InChI=1S/C14H23N3O3S2/c1-11-15-12(8-21-11)7-17-4-3-16(5-6-20-2)13-9-22(18,19)10-14(13)17/h8,13-14H,3-7,9-10H2,1-2H3/t13-,14+/m1/s1. The first-order chi connectivity index (χ1) is 10.5. The molecule has 0 aliphatic carbocycles. The largest absolute Gasteiger partial charge is 0.383 e. The van der Waals surface area contributed by atoms with Crippen molar-refractivity contribution in [2.75, 3.05) is 44.9 Å². The number of ether oxygens (including phenoxy) is 1. The van der Waals surface area contributed by atoms with Gasteiger partial charge in [0, 0.05) is 50.8 Å². The number of fused-ring (bicyclic) bond motifs is 1. The Kier molecular flexibility index (Phi) is 4.84. The second-order valence-corrected chi connectivity index (χ2v) is 9.28. The van der Waals surface area contributed by atoms with Gasteiger partial charge in [-0.15, -0.1) is 11.3 Å². The van der Waals surface area contributed by atoms with Crippen LogP contribution in [-0.4, -0.2) is 80.1 Å². The van der Waals surface area contributed by atoms with Gasteiger partial charge in [-0.05, 0) is 6.92 Å². The summed E-state index contributed by atoms with van der Waals surface area (Å²) in [6, 6.07) is 0.172. The summed E-state index contributed by atoms with van der Waals surface area (Å²) in [5.74, 6) is 0.540. The van der Waals surface area contributed by atoms with Gasteiger partial charge in [0.05, 0.1) is 28.8 Å². The van der Waals surface area contributed by atoms with E-state index in [0.717, 1.165) is 36.9 Å². The molecule has 2 fully saturated rings. The molecule has 2 aliphatic heterocycles. The van der Waals surface area contributed by atoms with E-state index in [1.807, 2.05) is 6.92 Å². The van der Waals surface area contributed by atoms with Crippen LogP contribution in [0.15, 0.2) is 5.38 Å². The number of aromatic nitrogens is 1. The monoisotopic (exact) mass is 345 g/mol. The summed E-state index contributed by atoms with van der Waals surface area (Å²) in [7, 11) is -1.26. The molecule has 3 heterocycles. The van der Waals surface area contributed by atoms with Crippen LogP contribution in [0.25, 0.3) is 0 Å². The van der Waals surface area contributed by atoms with Crippen LogP contribution in [0, 0.1) is 6.92 Å². The van der Waals surface area contributed by atoms with E-state index in [1.54, 1.807) is 18.4 Å². The van der Waals surface area contributed by atoms with E-state index in [0.29, 0.717) is 6.61 Å². The summed E-state index contributed by atoms with van der Waals surface area (Å²) in [6.45, 7) is 5.98. The Hall–Kier alpha value is -0.540. The number of aryl methyl sites for hydroxylation is 1. The Labute approximate surface area is 136 Å². The van der Waals surface area contributed by atoms with E-state index >= 15 is 0 Å². The molecule has 0 bridgehead atoms. The van der Waals surface area contributed by atoms with E-state index in [-0.39, 0.29) is 23.6 Å². The lowest BCUT2D eigenvalue weighted by atomic mass is 10.0. The zero-order valence-corrected chi connectivity index (χ0v) is 14.7. The van der Waals surface area contributed by atoms with Crippen LogP contribution in [0.5, 0.6) is 0 Å². The molecule has 2 aliphatic rings. The van der Waals surface area contributed by atoms with Gasteiger partial charge in [0.15, 0.2) is 9.84 Å². The Morgan fingerprint density at radius 2 is 2.00 bits per heavy atom. The van der Waals surface area contributed by atoms with Crippen LogP contribution >= 0.6 is 11.3 Å². The molecular weight excluding hydrogens is 322 g/mol. The third-order valence-electron chi connectivity index (χ3n) is 4.52. The highest BCUT2D eigenvalue weighted by molar-refractivity contribution is 7.91. The third-order valence-corrected chi connectivity index (χ3v) is 7.04. The SMILES string of the molecule is COCCN1CCN(Cc2csc(C)n2)[C@H]2CS(=O)(=O)C[C@H]21. The fraction of sp³-hybridized carbons (Fsp3) is 0.786. The Balaban J connectivity index is 1.74. The van der Waals surface area contributed by atoms with Crippen molar-refractivity contribution in [3.05, 3.63) is 16.1 Å². The Morgan fingerprint density at radius 3 is 2.64 bits per heavy atom. The third kappa shape index (κ3) is 3.51. The smallest absolute Gasteiger partial charge is 0.153 e. The van der Waals surface area contributed by atoms with Crippen molar-refractivity contribution in [3.63, 3.8) is 0 Å². The average Bonchev–Trinajstić information content (AvgIpc) is 3.00. The van der Waals surface area contributed by atoms with Gasteiger partial charge in [-0.2, -0.15) is 0 Å². The van der Waals surface area contributed by atoms with Crippen molar-refractivity contribution >= 4 is 21.2 Å². The molecule has 0 spiro atoms. The highest BCUT2D eigenvalue weighted by Crippen LogP contribution is 2.28. The zero-order chi connectivity index (χ0) is 15.7. The molecule has 0 saturated carbocycles. The molecular formula is C14H23N3O3S2. The molecule has 0 N–H and O–H groups in total. The molecule has 0 unspecified atom stereocenters. The molecule has 1 aromatic heterocycles. The second kappa shape index (κ2) is 6.52. The predicted octanol–water partition coefficient (Wildman–Crippen LogP) is 0.381. The van der Waals surface area contributed by atoms with Crippen molar-refractivity contribution in [2.24, 2.45) is 0 Å². The molecule has 8 heteroatoms. The lowest BCUT2D eigenvalue weighted by Gasteiger charge is -2.43. The van der Waals surface area contributed by atoms with Crippen LogP contribution in [0.2, 0.25) is 0 Å². The summed E-state index contributed by atoms with van der Waals surface area (Å²) in [6.07, 6.45) is 0. The van der Waals surface area contributed by atoms with Gasteiger partial charge >= 0.3 is 0 Å². The number of methoxy groups -OCH3 is 1. The number of hydrogen-bond acceptors (Lipinski definition) is 7. The van der Waals surface area contributed by atoms with Gasteiger partial charge < -0.3 is 4.74 Å². The summed E-state index contributed by atoms with van der Waals surface area (Å²) >= 11 is 1.65. The van der Waals surface area contributed by atoms with E-state index in [2.05, 4.69) is 20.2 Å². The number of nitrogens with zero attached hydrogens (tertiary/aromatic N) is 3. The molecule has 0 aromatic carbocycles. The molecule has 3 rings (SSSR count). The van der Waals surface area contributed by atoms with Gasteiger partial charge in [-0.3, -0.25) is 9.80 Å². The molecule has 2 saturated heterocycles. The molecule has 22 heavy (non-hydrogen) atoms. The first-order valence-electron chi connectivity index (χ1n) is 7.57. The van der Waals surface area contributed by atoms with Crippen molar-refractivity contribution in [1.82, 2.24) is 14.8 Å². The average molecular weight is 345 g/mol. The summed E-state index contributed by atoms with van der Waals surface area (Å²) in [5.41, 5.74) is 1.05. The topological polar surface area (TPSA) is 62.7 Å². The normalized spacial score (nSPS) is 28.8. The number of thiazole rings is 1. The fourth-order valence-electron chi connectivity index (χ4n) is 3.47. The molecule has 0 amide bonds. The van der Waals surface area contributed by atoms with Crippen LogP contribution in [0.3, 0.4) is 0 Å². The lowest BCUT2D eigenvalue weighted by molar-refractivity contribution is 0.0247. The summed E-state index contributed by atoms with van der Waals surface area (Å²) in [5, 5.41) is 3.13. The van der Waals surface area contributed by atoms with Gasteiger partial charge in [0.2, 0.25) is 0 Å². The predicted molar refractivity (Wildman–Crippen MR) is 86.9 cm³/mol. The Morgan fingerprint density at radius 1 is 1.32 bits per heavy atom. The molecule has 0 radical (unpaired) electrons.